The normalized spacial score (nSPS) is 14.5. The standard InChI is InChI=1S/C25H19BrN2O5S2/c1-2-32-22-12-16(9-10-21(22)33-15-17-5-3-8-20(11-17)28(30)31)13-23-24(29)27(25(34)35-23)19-7-4-6-18(26)14-19/h3-14H,2,15H2,1H3/b23-13+. The molecule has 1 saturated heterocycles. The number of nitro groups is 1. The van der Waals surface area contributed by atoms with Gasteiger partial charge in [0.15, 0.2) is 15.8 Å². The first-order valence-electron chi connectivity index (χ1n) is 10.5. The third-order valence-corrected chi connectivity index (χ3v) is 6.74. The Kier molecular flexibility index (Phi) is 7.84. The lowest BCUT2D eigenvalue weighted by molar-refractivity contribution is -0.384. The highest BCUT2D eigenvalue weighted by atomic mass is 79.9. The Labute approximate surface area is 220 Å². The van der Waals surface area contributed by atoms with E-state index < -0.39 is 4.92 Å². The van der Waals surface area contributed by atoms with Crippen LogP contribution < -0.4 is 14.4 Å². The fourth-order valence-corrected chi connectivity index (χ4v) is 5.07. The molecule has 0 N–H and O–H groups in total. The molecule has 35 heavy (non-hydrogen) atoms. The van der Waals surface area contributed by atoms with E-state index in [1.165, 1.54) is 28.8 Å². The molecule has 1 fully saturated rings. The molecular weight excluding hydrogens is 552 g/mol. The molecule has 1 aliphatic heterocycles. The monoisotopic (exact) mass is 570 g/mol. The number of benzene rings is 3. The molecule has 0 spiro atoms. The van der Waals surface area contributed by atoms with Gasteiger partial charge in [0, 0.05) is 16.6 Å². The number of ether oxygens (including phenoxy) is 2. The van der Waals surface area contributed by atoms with Crippen molar-refractivity contribution < 1.29 is 19.2 Å². The summed E-state index contributed by atoms with van der Waals surface area (Å²) in [4.78, 5) is 25.7. The molecule has 3 aromatic rings. The first-order valence-corrected chi connectivity index (χ1v) is 12.5. The molecule has 10 heteroatoms. The number of thiocarbonyl (C=S) groups is 1. The summed E-state index contributed by atoms with van der Waals surface area (Å²) in [6.07, 6.45) is 1.77. The van der Waals surface area contributed by atoms with Gasteiger partial charge in [-0.1, -0.05) is 64.2 Å². The molecule has 0 bridgehead atoms. The molecule has 0 aliphatic carbocycles. The van der Waals surface area contributed by atoms with Crippen LogP contribution in [0.5, 0.6) is 11.5 Å². The number of thioether (sulfide) groups is 1. The highest BCUT2D eigenvalue weighted by molar-refractivity contribution is 9.10. The van der Waals surface area contributed by atoms with E-state index >= 15 is 0 Å². The summed E-state index contributed by atoms with van der Waals surface area (Å²) in [7, 11) is 0. The highest BCUT2D eigenvalue weighted by Crippen LogP contribution is 2.38. The van der Waals surface area contributed by atoms with Crippen molar-refractivity contribution in [2.75, 3.05) is 11.5 Å². The highest BCUT2D eigenvalue weighted by Gasteiger charge is 2.33. The fourth-order valence-electron chi connectivity index (χ4n) is 3.38. The quantitative estimate of drug-likeness (QED) is 0.128. The van der Waals surface area contributed by atoms with Gasteiger partial charge in [-0.15, -0.1) is 0 Å². The smallest absolute Gasteiger partial charge is 0.270 e. The summed E-state index contributed by atoms with van der Waals surface area (Å²) in [5, 5.41) is 11.0. The lowest BCUT2D eigenvalue weighted by Gasteiger charge is -2.14. The van der Waals surface area contributed by atoms with Gasteiger partial charge in [0.1, 0.15) is 6.61 Å². The summed E-state index contributed by atoms with van der Waals surface area (Å²) in [5.74, 6) is 0.813. The number of hydrogen-bond acceptors (Lipinski definition) is 7. The second kappa shape index (κ2) is 11.0. The van der Waals surface area contributed by atoms with E-state index in [1.807, 2.05) is 37.3 Å². The fraction of sp³-hybridized carbons (Fsp3) is 0.120. The Morgan fingerprint density at radius 2 is 1.89 bits per heavy atom. The van der Waals surface area contributed by atoms with E-state index in [1.54, 1.807) is 30.3 Å². The zero-order valence-corrected chi connectivity index (χ0v) is 21.7. The Hall–Kier alpha value is -3.21. The van der Waals surface area contributed by atoms with Gasteiger partial charge in [-0.25, -0.2) is 0 Å². The van der Waals surface area contributed by atoms with E-state index in [0.717, 1.165) is 10.0 Å². The van der Waals surface area contributed by atoms with Crippen LogP contribution >= 0.6 is 39.9 Å². The van der Waals surface area contributed by atoms with E-state index in [2.05, 4.69) is 15.9 Å². The van der Waals surface area contributed by atoms with Gasteiger partial charge in [-0.2, -0.15) is 0 Å². The van der Waals surface area contributed by atoms with Gasteiger partial charge in [0.2, 0.25) is 0 Å². The van der Waals surface area contributed by atoms with Crippen LogP contribution in [-0.4, -0.2) is 21.8 Å². The summed E-state index contributed by atoms with van der Waals surface area (Å²) in [6, 6.07) is 19.1. The summed E-state index contributed by atoms with van der Waals surface area (Å²) in [6.45, 7) is 2.42. The maximum Gasteiger partial charge on any atom is 0.270 e. The molecule has 1 amide bonds. The topological polar surface area (TPSA) is 81.9 Å². The number of carbonyl (C=O) groups excluding carboxylic acids is 1. The van der Waals surface area contributed by atoms with Crippen LogP contribution in [0.2, 0.25) is 0 Å². The number of nitrogens with zero attached hydrogens (tertiary/aromatic N) is 2. The van der Waals surface area contributed by atoms with Crippen molar-refractivity contribution in [2.24, 2.45) is 0 Å². The van der Waals surface area contributed by atoms with E-state index in [0.29, 0.717) is 38.6 Å². The summed E-state index contributed by atoms with van der Waals surface area (Å²) in [5.41, 5.74) is 2.13. The predicted octanol–water partition coefficient (Wildman–Crippen LogP) is 6.74. The molecule has 0 radical (unpaired) electrons. The number of anilines is 1. The van der Waals surface area contributed by atoms with Crippen molar-refractivity contribution in [3.05, 3.63) is 97.3 Å². The van der Waals surface area contributed by atoms with Crippen LogP contribution in [0, 0.1) is 10.1 Å². The number of halogens is 1. The molecule has 178 valence electrons. The lowest BCUT2D eigenvalue weighted by atomic mass is 10.1. The average Bonchev–Trinajstić information content (AvgIpc) is 3.11. The van der Waals surface area contributed by atoms with Crippen molar-refractivity contribution >= 4 is 67.6 Å². The van der Waals surface area contributed by atoms with Gasteiger partial charge in [0.05, 0.1) is 22.1 Å². The minimum atomic E-state index is -0.441. The van der Waals surface area contributed by atoms with Gasteiger partial charge in [-0.3, -0.25) is 19.8 Å². The molecule has 3 aromatic carbocycles. The maximum atomic E-state index is 13.1. The molecule has 0 atom stereocenters. The van der Waals surface area contributed by atoms with Crippen LogP contribution in [0.15, 0.2) is 76.1 Å². The van der Waals surface area contributed by atoms with Crippen LogP contribution in [0.25, 0.3) is 6.08 Å². The third kappa shape index (κ3) is 5.90. The molecular formula is C25H19BrN2O5S2. The average molecular weight is 571 g/mol. The first-order chi connectivity index (χ1) is 16.9. The van der Waals surface area contributed by atoms with Crippen molar-refractivity contribution in [3.63, 3.8) is 0 Å². The van der Waals surface area contributed by atoms with Crippen LogP contribution in [0.4, 0.5) is 11.4 Å². The SMILES string of the molecule is CCOc1cc(/C=C2/SC(=S)N(c3cccc(Br)c3)C2=O)ccc1OCc1cccc([N+](=O)[O-])c1. The van der Waals surface area contributed by atoms with Crippen LogP contribution in [0.1, 0.15) is 18.1 Å². The number of rotatable bonds is 8. The van der Waals surface area contributed by atoms with E-state index in [4.69, 9.17) is 21.7 Å². The predicted molar refractivity (Wildman–Crippen MR) is 145 cm³/mol. The Balaban J connectivity index is 1.54. The molecule has 4 rings (SSSR count). The van der Waals surface area contributed by atoms with Gasteiger partial charge < -0.3 is 9.47 Å². The first kappa shape index (κ1) is 24.9. The number of amides is 1. The van der Waals surface area contributed by atoms with Crippen molar-refractivity contribution in [3.8, 4) is 11.5 Å². The van der Waals surface area contributed by atoms with Crippen molar-refractivity contribution in [2.45, 2.75) is 13.5 Å². The Morgan fingerprint density at radius 1 is 1.09 bits per heavy atom. The zero-order chi connectivity index (χ0) is 24.9. The minimum Gasteiger partial charge on any atom is -0.490 e. The van der Waals surface area contributed by atoms with Crippen molar-refractivity contribution in [1.29, 1.82) is 0 Å². The van der Waals surface area contributed by atoms with Crippen molar-refractivity contribution in [1.82, 2.24) is 0 Å². The Bertz CT molecular complexity index is 1340. The summed E-state index contributed by atoms with van der Waals surface area (Å²) >= 11 is 10.1. The summed E-state index contributed by atoms with van der Waals surface area (Å²) < 4.78 is 13.0. The molecule has 7 nitrogen and oxygen atoms in total. The number of hydrogen-bond donors (Lipinski definition) is 0. The van der Waals surface area contributed by atoms with Gasteiger partial charge >= 0.3 is 0 Å². The lowest BCUT2D eigenvalue weighted by Crippen LogP contribution is -2.27. The number of nitro benzene ring substituents is 1. The second-order valence-electron chi connectivity index (χ2n) is 7.35. The van der Waals surface area contributed by atoms with Gasteiger partial charge in [-0.05, 0) is 54.5 Å². The van der Waals surface area contributed by atoms with E-state index in [9.17, 15) is 14.9 Å². The van der Waals surface area contributed by atoms with E-state index in [-0.39, 0.29) is 18.2 Å². The Morgan fingerprint density at radius 3 is 2.63 bits per heavy atom. The minimum absolute atomic E-state index is 0.00616. The number of carbonyl (C=O) groups is 1. The molecule has 0 aromatic heterocycles. The molecule has 1 aliphatic rings. The zero-order valence-electron chi connectivity index (χ0n) is 18.5. The second-order valence-corrected chi connectivity index (χ2v) is 9.94. The van der Waals surface area contributed by atoms with Gasteiger partial charge in [0.25, 0.3) is 11.6 Å². The maximum absolute atomic E-state index is 13.1. The van der Waals surface area contributed by atoms with Crippen LogP contribution in [0.3, 0.4) is 0 Å². The largest absolute Gasteiger partial charge is 0.490 e. The molecule has 1 heterocycles. The third-order valence-electron chi connectivity index (χ3n) is 4.94. The van der Waals surface area contributed by atoms with Crippen LogP contribution in [-0.2, 0) is 11.4 Å². The number of non-ortho nitro benzene ring substituents is 1. The molecule has 0 saturated carbocycles. The molecule has 0 unspecified atom stereocenters.